The largest absolute Gasteiger partial charge is 0.460 e. The number of hydrogen-bond donors (Lipinski definition) is 0. The minimum atomic E-state index is -0.751. The van der Waals surface area contributed by atoms with Crippen molar-refractivity contribution in [3.63, 3.8) is 0 Å². The van der Waals surface area contributed by atoms with Gasteiger partial charge in [-0.2, -0.15) is 0 Å². The lowest BCUT2D eigenvalue weighted by atomic mass is 9.77. The van der Waals surface area contributed by atoms with Crippen molar-refractivity contribution in [1.29, 1.82) is 0 Å². The van der Waals surface area contributed by atoms with Crippen LogP contribution in [0.4, 0.5) is 0 Å². The van der Waals surface area contributed by atoms with Crippen molar-refractivity contribution in [2.45, 2.75) is 32.1 Å². The van der Waals surface area contributed by atoms with Crippen molar-refractivity contribution in [1.82, 2.24) is 0 Å². The van der Waals surface area contributed by atoms with Crippen LogP contribution in [0.2, 0.25) is 0 Å². The summed E-state index contributed by atoms with van der Waals surface area (Å²) in [5, 5.41) is 0. The van der Waals surface area contributed by atoms with Crippen LogP contribution in [0.5, 0.6) is 0 Å². The summed E-state index contributed by atoms with van der Waals surface area (Å²) in [5.74, 6) is -0.835. The van der Waals surface area contributed by atoms with E-state index < -0.39 is 11.8 Å². The Morgan fingerprint density at radius 1 is 1.29 bits per heavy atom. The number of ketones is 1. The highest BCUT2D eigenvalue weighted by Gasteiger charge is 2.27. The Kier molecular flexibility index (Phi) is 3.57. The van der Waals surface area contributed by atoms with E-state index in [2.05, 4.69) is 0 Å². The maximum absolute atomic E-state index is 11.9. The van der Waals surface area contributed by atoms with Gasteiger partial charge in [0.2, 0.25) is 0 Å². The lowest BCUT2D eigenvalue weighted by Crippen LogP contribution is -2.21. The van der Waals surface area contributed by atoms with Crippen LogP contribution >= 0.6 is 0 Å². The second-order valence-corrected chi connectivity index (χ2v) is 4.26. The van der Waals surface area contributed by atoms with Crippen LogP contribution in [0.1, 0.15) is 48.0 Å². The molecule has 1 saturated carbocycles. The smallest absolute Gasteiger partial charge is 0.379 e. The van der Waals surface area contributed by atoms with Crippen molar-refractivity contribution in [2.24, 2.45) is 0 Å². The molecule has 3 nitrogen and oxygen atoms in total. The van der Waals surface area contributed by atoms with Gasteiger partial charge in [-0.05, 0) is 31.2 Å². The number of carbonyl (C=O) groups is 2. The van der Waals surface area contributed by atoms with Gasteiger partial charge in [0, 0.05) is 5.56 Å². The van der Waals surface area contributed by atoms with Gasteiger partial charge in [-0.1, -0.05) is 30.7 Å². The number of ether oxygens (including phenoxy) is 1. The Bertz CT molecular complexity index is 433. The Hall–Kier alpha value is -1.64. The molecule has 1 aromatic carbocycles. The SMILES string of the molecule is CCOC(=O)C(=O)c1ccccc1C1CCC1. The molecule has 0 aromatic heterocycles. The highest BCUT2D eigenvalue weighted by Crippen LogP contribution is 2.38. The molecule has 0 amide bonds. The summed E-state index contributed by atoms with van der Waals surface area (Å²) in [5.41, 5.74) is 1.51. The van der Waals surface area contributed by atoms with Gasteiger partial charge in [-0.25, -0.2) is 4.79 Å². The average Bonchev–Trinajstić information content (AvgIpc) is 2.27. The summed E-state index contributed by atoms with van der Waals surface area (Å²) < 4.78 is 4.76. The molecule has 2 rings (SSSR count). The zero-order valence-corrected chi connectivity index (χ0v) is 9.94. The first-order valence-electron chi connectivity index (χ1n) is 6.04. The predicted octanol–water partition coefficient (Wildman–Crippen LogP) is 2.70. The zero-order valence-electron chi connectivity index (χ0n) is 9.94. The number of Topliss-reactive ketones (excluding diaryl/α,β-unsaturated/α-hetero) is 1. The Morgan fingerprint density at radius 2 is 2.00 bits per heavy atom. The number of esters is 1. The third-order valence-electron chi connectivity index (χ3n) is 3.21. The normalized spacial score (nSPS) is 15.1. The molecule has 0 radical (unpaired) electrons. The van der Waals surface area contributed by atoms with Gasteiger partial charge in [-0.15, -0.1) is 0 Å². The van der Waals surface area contributed by atoms with Gasteiger partial charge in [-0.3, -0.25) is 4.79 Å². The second-order valence-electron chi connectivity index (χ2n) is 4.26. The summed E-state index contributed by atoms with van der Waals surface area (Å²) in [6.45, 7) is 1.93. The number of benzene rings is 1. The first kappa shape index (κ1) is 11.8. The molecule has 0 atom stereocenters. The molecule has 1 aliphatic rings. The fourth-order valence-electron chi connectivity index (χ4n) is 2.09. The van der Waals surface area contributed by atoms with Gasteiger partial charge >= 0.3 is 5.97 Å². The van der Waals surface area contributed by atoms with Crippen LogP contribution in [0.3, 0.4) is 0 Å². The third kappa shape index (κ3) is 2.38. The molecular weight excluding hydrogens is 216 g/mol. The molecule has 90 valence electrons. The average molecular weight is 232 g/mol. The fraction of sp³-hybridized carbons (Fsp3) is 0.429. The molecule has 0 unspecified atom stereocenters. The monoisotopic (exact) mass is 232 g/mol. The molecular formula is C14H16O3. The molecule has 0 aliphatic heterocycles. The topological polar surface area (TPSA) is 43.4 Å². The van der Waals surface area contributed by atoms with Gasteiger partial charge in [0.15, 0.2) is 0 Å². The van der Waals surface area contributed by atoms with Gasteiger partial charge in [0.1, 0.15) is 0 Å². The lowest BCUT2D eigenvalue weighted by Gasteiger charge is -2.27. The van der Waals surface area contributed by atoms with Crippen molar-refractivity contribution < 1.29 is 14.3 Å². The van der Waals surface area contributed by atoms with E-state index in [0.717, 1.165) is 18.4 Å². The van der Waals surface area contributed by atoms with Crippen LogP contribution in [0, 0.1) is 0 Å². The van der Waals surface area contributed by atoms with Crippen LogP contribution in [-0.4, -0.2) is 18.4 Å². The molecule has 0 bridgehead atoms. The predicted molar refractivity (Wildman–Crippen MR) is 64.0 cm³/mol. The van der Waals surface area contributed by atoms with Crippen LogP contribution < -0.4 is 0 Å². The van der Waals surface area contributed by atoms with E-state index in [1.54, 1.807) is 19.1 Å². The van der Waals surface area contributed by atoms with Gasteiger partial charge < -0.3 is 4.74 Å². The quantitative estimate of drug-likeness (QED) is 0.455. The van der Waals surface area contributed by atoms with Crippen molar-refractivity contribution >= 4 is 11.8 Å². The highest BCUT2D eigenvalue weighted by molar-refractivity contribution is 6.41. The Morgan fingerprint density at radius 3 is 2.59 bits per heavy atom. The van der Waals surface area contributed by atoms with Gasteiger partial charge in [0.05, 0.1) is 6.61 Å². The van der Waals surface area contributed by atoms with Crippen molar-refractivity contribution in [3.05, 3.63) is 35.4 Å². The molecule has 0 heterocycles. The number of carbonyl (C=O) groups excluding carboxylic acids is 2. The van der Waals surface area contributed by atoms with E-state index >= 15 is 0 Å². The van der Waals surface area contributed by atoms with E-state index in [9.17, 15) is 9.59 Å². The minimum Gasteiger partial charge on any atom is -0.460 e. The maximum Gasteiger partial charge on any atom is 0.379 e. The molecule has 0 spiro atoms. The van der Waals surface area contributed by atoms with Gasteiger partial charge in [0.25, 0.3) is 5.78 Å². The van der Waals surface area contributed by atoms with E-state index in [-0.39, 0.29) is 6.61 Å². The summed E-state index contributed by atoms with van der Waals surface area (Å²) in [6, 6.07) is 7.35. The van der Waals surface area contributed by atoms with Crippen LogP contribution in [0.25, 0.3) is 0 Å². The Balaban J connectivity index is 2.24. The lowest BCUT2D eigenvalue weighted by molar-refractivity contribution is -0.137. The molecule has 1 aliphatic carbocycles. The summed E-state index contributed by atoms with van der Waals surface area (Å²) in [7, 11) is 0. The summed E-state index contributed by atoms with van der Waals surface area (Å²) in [4.78, 5) is 23.4. The third-order valence-corrected chi connectivity index (χ3v) is 3.21. The molecule has 1 aromatic rings. The zero-order chi connectivity index (χ0) is 12.3. The molecule has 17 heavy (non-hydrogen) atoms. The fourth-order valence-corrected chi connectivity index (χ4v) is 2.09. The number of rotatable bonds is 4. The summed E-state index contributed by atoms with van der Waals surface area (Å²) in [6.07, 6.45) is 3.41. The van der Waals surface area contributed by atoms with E-state index in [1.165, 1.54) is 6.42 Å². The standard InChI is InChI=1S/C14H16O3/c1-2-17-14(16)13(15)12-9-4-3-8-11(12)10-6-5-7-10/h3-4,8-10H,2,5-7H2,1H3. The van der Waals surface area contributed by atoms with Crippen molar-refractivity contribution in [3.8, 4) is 0 Å². The summed E-state index contributed by atoms with van der Waals surface area (Å²) >= 11 is 0. The highest BCUT2D eigenvalue weighted by atomic mass is 16.5. The number of hydrogen-bond acceptors (Lipinski definition) is 3. The molecule has 1 fully saturated rings. The van der Waals surface area contributed by atoms with Crippen LogP contribution in [-0.2, 0) is 9.53 Å². The second kappa shape index (κ2) is 5.13. The van der Waals surface area contributed by atoms with Crippen LogP contribution in [0.15, 0.2) is 24.3 Å². The molecule has 3 heteroatoms. The van der Waals surface area contributed by atoms with E-state index in [0.29, 0.717) is 11.5 Å². The maximum atomic E-state index is 11.9. The first-order chi connectivity index (χ1) is 8.24. The first-order valence-corrected chi connectivity index (χ1v) is 6.04. The van der Waals surface area contributed by atoms with E-state index in [1.807, 2.05) is 12.1 Å². The molecule has 0 N–H and O–H groups in total. The molecule has 0 saturated heterocycles. The minimum absolute atomic E-state index is 0.232. The Labute approximate surface area is 101 Å². The van der Waals surface area contributed by atoms with E-state index in [4.69, 9.17) is 4.74 Å². The van der Waals surface area contributed by atoms with Crippen molar-refractivity contribution in [2.75, 3.05) is 6.61 Å².